The Balaban J connectivity index is 1.87. The number of phenols is 1. The van der Waals surface area contributed by atoms with E-state index < -0.39 is 24.5 Å². The number of amides is 3. The molecule has 0 atom stereocenters. The van der Waals surface area contributed by atoms with Gasteiger partial charge in [0.25, 0.3) is 5.91 Å². The second-order valence-corrected chi connectivity index (χ2v) is 5.87. The highest BCUT2D eigenvalue weighted by atomic mass is 16.5. The molecule has 26 heavy (non-hydrogen) atoms. The molecule has 0 heterocycles. The maximum atomic E-state index is 11.9. The summed E-state index contributed by atoms with van der Waals surface area (Å²) in [6, 6.07) is 9.34. The van der Waals surface area contributed by atoms with E-state index >= 15 is 0 Å². The van der Waals surface area contributed by atoms with Crippen LogP contribution in [-0.2, 0) is 9.53 Å². The minimum Gasteiger partial charge on any atom is -0.507 e. The summed E-state index contributed by atoms with van der Waals surface area (Å²) in [4.78, 5) is 35.5. The van der Waals surface area contributed by atoms with E-state index in [1.165, 1.54) is 6.07 Å². The molecule has 3 amide bonds. The highest BCUT2D eigenvalue weighted by Crippen LogP contribution is 2.22. The molecule has 7 heteroatoms. The lowest BCUT2D eigenvalue weighted by atomic mass is 10.1. The molecule has 2 aromatic rings. The molecule has 0 spiro atoms. The van der Waals surface area contributed by atoms with Crippen molar-refractivity contribution in [1.29, 1.82) is 0 Å². The third-order valence-electron chi connectivity index (χ3n) is 3.68. The van der Waals surface area contributed by atoms with Gasteiger partial charge in [0.2, 0.25) is 0 Å². The minimum absolute atomic E-state index is 0.0440. The average molecular weight is 356 g/mol. The van der Waals surface area contributed by atoms with Crippen LogP contribution in [0.1, 0.15) is 27.0 Å². The summed E-state index contributed by atoms with van der Waals surface area (Å²) in [6.45, 7) is 4.75. The molecule has 7 nitrogen and oxygen atoms in total. The van der Waals surface area contributed by atoms with Crippen LogP contribution in [0, 0.1) is 20.8 Å². The molecule has 0 aromatic heterocycles. The Morgan fingerprint density at radius 3 is 2.46 bits per heavy atom. The Morgan fingerprint density at radius 1 is 1.04 bits per heavy atom. The van der Waals surface area contributed by atoms with Gasteiger partial charge in [-0.15, -0.1) is 0 Å². The van der Waals surface area contributed by atoms with E-state index in [0.29, 0.717) is 11.3 Å². The van der Waals surface area contributed by atoms with Crippen molar-refractivity contribution in [1.82, 2.24) is 5.32 Å². The predicted molar refractivity (Wildman–Crippen MR) is 96.2 cm³/mol. The number of benzene rings is 2. The summed E-state index contributed by atoms with van der Waals surface area (Å²) >= 11 is 0. The van der Waals surface area contributed by atoms with Gasteiger partial charge in [-0.05, 0) is 44.0 Å². The first-order valence-corrected chi connectivity index (χ1v) is 7.91. The van der Waals surface area contributed by atoms with Gasteiger partial charge in [-0.3, -0.25) is 10.1 Å². The predicted octanol–water partition coefficient (Wildman–Crippen LogP) is 2.82. The summed E-state index contributed by atoms with van der Waals surface area (Å²) in [7, 11) is 0. The first-order valence-electron chi connectivity index (χ1n) is 7.91. The molecule has 2 aromatic carbocycles. The summed E-state index contributed by atoms with van der Waals surface area (Å²) < 4.78 is 4.83. The van der Waals surface area contributed by atoms with Gasteiger partial charge in [0.05, 0.1) is 0 Å². The molecule has 136 valence electrons. The Kier molecular flexibility index (Phi) is 5.95. The molecule has 0 unspecified atom stereocenters. The molecule has 0 aliphatic carbocycles. The Morgan fingerprint density at radius 2 is 1.77 bits per heavy atom. The zero-order chi connectivity index (χ0) is 19.3. The Labute approximate surface area is 151 Å². The van der Waals surface area contributed by atoms with Crippen molar-refractivity contribution in [2.45, 2.75) is 20.8 Å². The number of anilines is 1. The standard InChI is InChI=1S/C19H20N2O5/c1-11-7-8-15(13(3)9-11)20-19(25)21-16(22)10-26-18(24)14-6-4-5-12(2)17(14)23/h4-9,23H,10H2,1-3H3,(H2,20,21,22,25). The SMILES string of the molecule is Cc1ccc(NC(=O)NC(=O)COC(=O)c2cccc(C)c2O)c(C)c1. The topological polar surface area (TPSA) is 105 Å². The van der Waals surface area contributed by atoms with Crippen LogP contribution in [0.15, 0.2) is 36.4 Å². The number of rotatable bonds is 4. The van der Waals surface area contributed by atoms with Gasteiger partial charge >= 0.3 is 12.0 Å². The van der Waals surface area contributed by atoms with Gasteiger partial charge < -0.3 is 15.2 Å². The van der Waals surface area contributed by atoms with Gasteiger partial charge in [0.15, 0.2) is 6.61 Å². The van der Waals surface area contributed by atoms with Crippen LogP contribution in [-0.4, -0.2) is 29.6 Å². The van der Waals surface area contributed by atoms with Crippen molar-refractivity contribution in [3.8, 4) is 5.75 Å². The van der Waals surface area contributed by atoms with Gasteiger partial charge in [0.1, 0.15) is 11.3 Å². The summed E-state index contributed by atoms with van der Waals surface area (Å²) in [5, 5.41) is 14.4. The number of hydrogen-bond acceptors (Lipinski definition) is 5. The van der Waals surface area contributed by atoms with Gasteiger partial charge in [0, 0.05) is 5.69 Å². The fourth-order valence-corrected chi connectivity index (χ4v) is 2.30. The quantitative estimate of drug-likeness (QED) is 0.731. The molecular weight excluding hydrogens is 336 g/mol. The molecular formula is C19H20N2O5. The van der Waals surface area contributed by atoms with E-state index in [1.807, 2.05) is 26.0 Å². The van der Waals surface area contributed by atoms with Crippen molar-refractivity contribution < 1.29 is 24.2 Å². The summed E-state index contributed by atoms with van der Waals surface area (Å²) in [5.74, 6) is -1.84. The van der Waals surface area contributed by atoms with E-state index in [0.717, 1.165) is 11.1 Å². The third-order valence-corrected chi connectivity index (χ3v) is 3.68. The number of nitrogens with one attached hydrogen (secondary N) is 2. The lowest BCUT2D eigenvalue weighted by Gasteiger charge is -2.10. The van der Waals surface area contributed by atoms with Crippen LogP contribution >= 0.6 is 0 Å². The molecule has 0 bridgehead atoms. The number of hydrogen-bond donors (Lipinski definition) is 3. The Bertz CT molecular complexity index is 861. The lowest BCUT2D eigenvalue weighted by Crippen LogP contribution is -2.37. The van der Waals surface area contributed by atoms with E-state index in [9.17, 15) is 19.5 Å². The first kappa shape index (κ1) is 19.0. The monoisotopic (exact) mass is 356 g/mol. The number of para-hydroxylation sites is 1. The molecule has 3 N–H and O–H groups in total. The number of aromatic hydroxyl groups is 1. The minimum atomic E-state index is -0.851. The second-order valence-electron chi connectivity index (χ2n) is 5.87. The molecule has 0 saturated carbocycles. The van der Waals surface area contributed by atoms with Crippen molar-refractivity contribution in [2.75, 3.05) is 11.9 Å². The zero-order valence-corrected chi connectivity index (χ0v) is 14.8. The van der Waals surface area contributed by atoms with E-state index in [4.69, 9.17) is 4.74 Å². The number of carbonyl (C=O) groups excluding carboxylic acids is 3. The molecule has 0 radical (unpaired) electrons. The maximum absolute atomic E-state index is 11.9. The number of esters is 1. The van der Waals surface area contributed by atoms with Gasteiger partial charge in [-0.1, -0.05) is 29.8 Å². The number of urea groups is 1. The number of ether oxygens (including phenoxy) is 1. The number of phenolic OH excluding ortho intramolecular Hbond substituents is 1. The largest absolute Gasteiger partial charge is 0.507 e. The number of aryl methyl sites for hydroxylation is 3. The number of imide groups is 1. The normalized spacial score (nSPS) is 10.1. The van der Waals surface area contributed by atoms with Crippen LogP contribution < -0.4 is 10.6 Å². The molecule has 0 aliphatic rings. The zero-order valence-electron chi connectivity index (χ0n) is 14.8. The van der Waals surface area contributed by atoms with Crippen LogP contribution in [0.2, 0.25) is 0 Å². The highest BCUT2D eigenvalue weighted by molar-refractivity contribution is 6.02. The smallest absolute Gasteiger partial charge is 0.342 e. The van der Waals surface area contributed by atoms with Crippen LogP contribution in [0.3, 0.4) is 0 Å². The van der Waals surface area contributed by atoms with Crippen molar-refractivity contribution in [3.63, 3.8) is 0 Å². The number of carbonyl (C=O) groups is 3. The van der Waals surface area contributed by atoms with Crippen molar-refractivity contribution >= 4 is 23.6 Å². The molecule has 0 aliphatic heterocycles. The summed E-state index contributed by atoms with van der Waals surface area (Å²) in [5.41, 5.74) is 2.95. The fourth-order valence-electron chi connectivity index (χ4n) is 2.30. The van der Waals surface area contributed by atoms with Crippen LogP contribution in [0.4, 0.5) is 10.5 Å². The average Bonchev–Trinajstić information content (AvgIpc) is 2.57. The van der Waals surface area contributed by atoms with Gasteiger partial charge in [-0.2, -0.15) is 0 Å². The van der Waals surface area contributed by atoms with Crippen molar-refractivity contribution in [3.05, 3.63) is 58.7 Å². The van der Waals surface area contributed by atoms with E-state index in [-0.39, 0.29) is 11.3 Å². The van der Waals surface area contributed by atoms with E-state index in [2.05, 4.69) is 10.6 Å². The van der Waals surface area contributed by atoms with Crippen LogP contribution in [0.25, 0.3) is 0 Å². The Hall–Kier alpha value is -3.35. The maximum Gasteiger partial charge on any atom is 0.342 e. The first-order chi connectivity index (χ1) is 12.3. The second kappa shape index (κ2) is 8.15. The van der Waals surface area contributed by atoms with Crippen LogP contribution in [0.5, 0.6) is 5.75 Å². The molecule has 0 saturated heterocycles. The fraction of sp³-hybridized carbons (Fsp3) is 0.211. The highest BCUT2D eigenvalue weighted by Gasteiger charge is 2.16. The molecule has 2 rings (SSSR count). The molecule has 0 fully saturated rings. The van der Waals surface area contributed by atoms with E-state index in [1.54, 1.807) is 25.1 Å². The third kappa shape index (κ3) is 4.83. The lowest BCUT2D eigenvalue weighted by molar-refractivity contribution is -0.123. The van der Waals surface area contributed by atoms with Crippen molar-refractivity contribution in [2.24, 2.45) is 0 Å². The summed E-state index contributed by atoms with van der Waals surface area (Å²) in [6.07, 6.45) is 0. The van der Waals surface area contributed by atoms with Gasteiger partial charge in [-0.25, -0.2) is 9.59 Å².